The first-order valence-electron chi connectivity index (χ1n) is 9.83. The second-order valence-corrected chi connectivity index (χ2v) is 8.63. The zero-order chi connectivity index (χ0) is 18.8. The molecule has 2 aromatic rings. The quantitative estimate of drug-likeness (QED) is 0.873. The summed E-state index contributed by atoms with van der Waals surface area (Å²) in [5.41, 5.74) is 1.59. The summed E-state index contributed by atoms with van der Waals surface area (Å²) in [7, 11) is 0. The number of thiazole rings is 1. The van der Waals surface area contributed by atoms with Crippen molar-refractivity contribution in [3.05, 3.63) is 35.3 Å². The molecule has 2 saturated heterocycles. The third kappa shape index (κ3) is 4.17. The highest BCUT2D eigenvalue weighted by atomic mass is 32.1. The standard InChI is InChI=1S/C21H27N3O2S/c1-14(2)26-18-5-3-15(4-6-18)20-23-19(13-27-20)21(25)24-9-7-16-11-22-12-17(16)8-10-24/h3-6,13-14,16-17,22H,7-12H2,1-2H3/t16-,17+. The van der Waals surface area contributed by atoms with Crippen LogP contribution in [0.1, 0.15) is 37.2 Å². The lowest BCUT2D eigenvalue weighted by atomic mass is 9.92. The number of benzene rings is 1. The van der Waals surface area contributed by atoms with E-state index in [1.165, 1.54) is 11.3 Å². The number of carbonyl (C=O) groups is 1. The molecule has 0 aliphatic carbocycles. The van der Waals surface area contributed by atoms with E-state index in [-0.39, 0.29) is 12.0 Å². The first-order valence-corrected chi connectivity index (χ1v) is 10.7. The van der Waals surface area contributed by atoms with E-state index in [0.717, 1.165) is 67.2 Å². The first-order chi connectivity index (χ1) is 13.1. The van der Waals surface area contributed by atoms with Crippen LogP contribution in [0.3, 0.4) is 0 Å². The third-order valence-corrected chi connectivity index (χ3v) is 6.39. The van der Waals surface area contributed by atoms with Crippen molar-refractivity contribution in [1.29, 1.82) is 0 Å². The molecule has 2 atom stereocenters. The van der Waals surface area contributed by atoms with E-state index in [2.05, 4.69) is 10.3 Å². The van der Waals surface area contributed by atoms with Crippen LogP contribution in [0, 0.1) is 11.8 Å². The van der Waals surface area contributed by atoms with Crippen LogP contribution in [0.5, 0.6) is 5.75 Å². The van der Waals surface area contributed by atoms with Crippen LogP contribution in [0.4, 0.5) is 0 Å². The number of likely N-dealkylation sites (tertiary alicyclic amines) is 1. The van der Waals surface area contributed by atoms with Gasteiger partial charge in [0.1, 0.15) is 16.5 Å². The Morgan fingerprint density at radius 1 is 1.19 bits per heavy atom. The number of fused-ring (bicyclic) bond motifs is 1. The molecule has 2 aliphatic heterocycles. The summed E-state index contributed by atoms with van der Waals surface area (Å²) in [4.78, 5) is 19.5. The normalized spacial score (nSPS) is 22.6. The van der Waals surface area contributed by atoms with E-state index in [0.29, 0.717) is 5.69 Å². The molecule has 27 heavy (non-hydrogen) atoms. The van der Waals surface area contributed by atoms with Crippen LogP contribution in [-0.2, 0) is 0 Å². The van der Waals surface area contributed by atoms with Crippen molar-refractivity contribution in [3.63, 3.8) is 0 Å². The Kier molecular flexibility index (Phi) is 5.45. The molecule has 0 spiro atoms. The van der Waals surface area contributed by atoms with Crippen molar-refractivity contribution in [3.8, 4) is 16.3 Å². The minimum atomic E-state index is 0.0743. The van der Waals surface area contributed by atoms with Crippen molar-refractivity contribution in [1.82, 2.24) is 15.2 Å². The van der Waals surface area contributed by atoms with Crippen molar-refractivity contribution in [2.75, 3.05) is 26.2 Å². The van der Waals surface area contributed by atoms with Gasteiger partial charge in [-0.15, -0.1) is 11.3 Å². The fraction of sp³-hybridized carbons (Fsp3) is 0.524. The van der Waals surface area contributed by atoms with E-state index < -0.39 is 0 Å². The summed E-state index contributed by atoms with van der Waals surface area (Å²) in [6, 6.07) is 7.93. The summed E-state index contributed by atoms with van der Waals surface area (Å²) in [6.07, 6.45) is 2.35. The van der Waals surface area contributed by atoms with Crippen LogP contribution in [0.25, 0.3) is 10.6 Å². The molecule has 3 heterocycles. The third-order valence-electron chi connectivity index (χ3n) is 5.50. The number of aromatic nitrogens is 1. The lowest BCUT2D eigenvalue weighted by Crippen LogP contribution is -2.33. The molecule has 2 fully saturated rings. The van der Waals surface area contributed by atoms with E-state index in [9.17, 15) is 4.79 Å². The van der Waals surface area contributed by atoms with Gasteiger partial charge in [-0.25, -0.2) is 4.98 Å². The molecule has 1 amide bonds. The molecular weight excluding hydrogens is 358 g/mol. The van der Waals surface area contributed by atoms with Crippen molar-refractivity contribution < 1.29 is 9.53 Å². The van der Waals surface area contributed by atoms with Crippen LogP contribution in [0.2, 0.25) is 0 Å². The highest BCUT2D eigenvalue weighted by molar-refractivity contribution is 7.13. The molecule has 0 bridgehead atoms. The topological polar surface area (TPSA) is 54.5 Å². The summed E-state index contributed by atoms with van der Waals surface area (Å²) in [5, 5.41) is 6.25. The highest BCUT2D eigenvalue weighted by Gasteiger charge is 2.32. The van der Waals surface area contributed by atoms with Crippen molar-refractivity contribution in [2.24, 2.45) is 11.8 Å². The molecular formula is C21H27N3O2S. The Hall–Kier alpha value is -1.92. The second-order valence-electron chi connectivity index (χ2n) is 7.78. The zero-order valence-electron chi connectivity index (χ0n) is 16.0. The van der Waals surface area contributed by atoms with Gasteiger partial charge in [0.25, 0.3) is 5.91 Å². The van der Waals surface area contributed by atoms with Crippen LogP contribution in [-0.4, -0.2) is 48.1 Å². The van der Waals surface area contributed by atoms with Crippen LogP contribution in [0.15, 0.2) is 29.6 Å². The predicted octanol–water partition coefficient (Wildman–Crippen LogP) is 3.67. The fourth-order valence-electron chi connectivity index (χ4n) is 4.04. The lowest BCUT2D eigenvalue weighted by molar-refractivity contribution is 0.0753. The SMILES string of the molecule is CC(C)Oc1ccc(-c2nc(C(=O)N3CC[C@@H]4CNC[C@@H]4CC3)cs2)cc1. The number of nitrogens with one attached hydrogen (secondary N) is 1. The number of carbonyl (C=O) groups excluding carboxylic acids is 1. The van der Waals surface area contributed by atoms with Gasteiger partial charge in [0.2, 0.25) is 0 Å². The summed E-state index contributed by atoms with van der Waals surface area (Å²) in [6.45, 7) is 7.91. The average molecular weight is 386 g/mol. The molecule has 144 valence electrons. The molecule has 2 aliphatic rings. The van der Waals surface area contributed by atoms with E-state index in [1.54, 1.807) is 0 Å². The monoisotopic (exact) mass is 385 g/mol. The molecule has 0 unspecified atom stereocenters. The minimum Gasteiger partial charge on any atom is -0.491 e. The number of rotatable bonds is 4. The Morgan fingerprint density at radius 2 is 1.85 bits per heavy atom. The van der Waals surface area contributed by atoms with Crippen molar-refractivity contribution >= 4 is 17.2 Å². The Bertz CT molecular complexity index is 773. The van der Waals surface area contributed by atoms with Gasteiger partial charge in [-0.05, 0) is 75.9 Å². The molecule has 1 N–H and O–H groups in total. The maximum absolute atomic E-state index is 12.9. The fourth-order valence-corrected chi connectivity index (χ4v) is 4.84. The minimum absolute atomic E-state index is 0.0743. The molecule has 0 radical (unpaired) electrons. The summed E-state index contributed by atoms with van der Waals surface area (Å²) < 4.78 is 5.69. The highest BCUT2D eigenvalue weighted by Crippen LogP contribution is 2.29. The molecule has 6 heteroatoms. The van der Waals surface area contributed by atoms with E-state index >= 15 is 0 Å². The smallest absolute Gasteiger partial charge is 0.273 e. The molecule has 4 rings (SSSR count). The van der Waals surface area contributed by atoms with Gasteiger partial charge >= 0.3 is 0 Å². The van der Waals surface area contributed by atoms with Gasteiger partial charge in [0.05, 0.1) is 6.10 Å². The summed E-state index contributed by atoms with van der Waals surface area (Å²) >= 11 is 1.53. The molecule has 0 saturated carbocycles. The molecule has 1 aromatic carbocycles. The maximum atomic E-state index is 12.9. The maximum Gasteiger partial charge on any atom is 0.273 e. The number of amides is 1. The van der Waals surface area contributed by atoms with E-state index in [1.807, 2.05) is 48.4 Å². The Labute approximate surface area is 164 Å². The van der Waals surface area contributed by atoms with Gasteiger partial charge < -0.3 is 15.0 Å². The van der Waals surface area contributed by atoms with Crippen LogP contribution < -0.4 is 10.1 Å². The Balaban J connectivity index is 1.43. The van der Waals surface area contributed by atoms with Crippen LogP contribution >= 0.6 is 11.3 Å². The predicted molar refractivity (Wildman–Crippen MR) is 108 cm³/mol. The average Bonchev–Trinajstić information content (AvgIpc) is 3.27. The van der Waals surface area contributed by atoms with Gasteiger partial charge in [0.15, 0.2) is 0 Å². The number of hydrogen-bond acceptors (Lipinski definition) is 5. The van der Waals surface area contributed by atoms with Gasteiger partial charge in [-0.2, -0.15) is 0 Å². The summed E-state index contributed by atoms with van der Waals surface area (Å²) in [5.74, 6) is 2.37. The van der Waals surface area contributed by atoms with Gasteiger partial charge in [-0.3, -0.25) is 4.79 Å². The number of ether oxygens (including phenoxy) is 1. The number of hydrogen-bond donors (Lipinski definition) is 1. The van der Waals surface area contributed by atoms with Gasteiger partial charge in [0, 0.05) is 24.0 Å². The van der Waals surface area contributed by atoms with Gasteiger partial charge in [-0.1, -0.05) is 0 Å². The molecule has 5 nitrogen and oxygen atoms in total. The second kappa shape index (κ2) is 7.98. The first kappa shape index (κ1) is 18.4. The van der Waals surface area contributed by atoms with E-state index in [4.69, 9.17) is 4.74 Å². The molecule has 1 aromatic heterocycles. The Morgan fingerprint density at radius 3 is 2.48 bits per heavy atom. The van der Waals surface area contributed by atoms with Crippen molar-refractivity contribution in [2.45, 2.75) is 32.8 Å². The number of nitrogens with zero attached hydrogens (tertiary/aromatic N) is 2. The lowest BCUT2D eigenvalue weighted by Gasteiger charge is -2.19. The largest absolute Gasteiger partial charge is 0.491 e. The zero-order valence-corrected chi connectivity index (χ0v) is 16.8.